The van der Waals surface area contributed by atoms with Gasteiger partial charge in [0.15, 0.2) is 11.5 Å². The van der Waals surface area contributed by atoms with Gasteiger partial charge in [0, 0.05) is 19.0 Å². The molecule has 3 rings (SSSR count). The molecule has 5 heteroatoms. The van der Waals surface area contributed by atoms with E-state index in [9.17, 15) is 0 Å². The number of fused-ring (bicyclic) bond motifs is 1. The van der Waals surface area contributed by atoms with Crippen LogP contribution < -0.4 is 5.73 Å². The predicted octanol–water partition coefficient (Wildman–Crippen LogP) is 2.05. The first kappa shape index (κ1) is 10.9. The van der Waals surface area contributed by atoms with E-state index in [4.69, 9.17) is 10.2 Å². The van der Waals surface area contributed by atoms with Gasteiger partial charge >= 0.3 is 0 Å². The number of oxazole rings is 1. The average Bonchev–Trinajstić information content (AvgIpc) is 2.77. The second-order valence-corrected chi connectivity index (χ2v) is 4.01. The van der Waals surface area contributed by atoms with E-state index in [0.717, 1.165) is 28.1 Å². The monoisotopic (exact) mass is 240 g/mol. The van der Waals surface area contributed by atoms with Gasteiger partial charge in [-0.15, -0.1) is 0 Å². The Morgan fingerprint density at radius 3 is 2.94 bits per heavy atom. The van der Waals surface area contributed by atoms with Crippen molar-refractivity contribution in [1.82, 2.24) is 15.0 Å². The highest BCUT2D eigenvalue weighted by Crippen LogP contribution is 2.23. The van der Waals surface area contributed by atoms with Gasteiger partial charge in [0.1, 0.15) is 11.8 Å². The maximum Gasteiger partial charge on any atom is 0.192 e. The van der Waals surface area contributed by atoms with Crippen LogP contribution in [0.5, 0.6) is 0 Å². The van der Waals surface area contributed by atoms with Crippen LogP contribution in [0.4, 0.5) is 0 Å². The van der Waals surface area contributed by atoms with Crippen molar-refractivity contribution in [2.45, 2.75) is 13.5 Å². The van der Waals surface area contributed by atoms with Crippen LogP contribution >= 0.6 is 0 Å². The molecule has 0 spiro atoms. The van der Waals surface area contributed by atoms with E-state index in [1.54, 1.807) is 0 Å². The van der Waals surface area contributed by atoms with Crippen molar-refractivity contribution in [3.8, 4) is 11.3 Å². The summed E-state index contributed by atoms with van der Waals surface area (Å²) in [5.74, 6) is 0.660. The summed E-state index contributed by atoms with van der Waals surface area (Å²) in [5, 5.41) is 0. The third-order valence-corrected chi connectivity index (χ3v) is 2.72. The fraction of sp³-hybridized carbons (Fsp3) is 0.154. The molecule has 2 heterocycles. The number of nitrogens with two attached hydrogens (primary N) is 1. The van der Waals surface area contributed by atoms with E-state index in [2.05, 4.69) is 15.0 Å². The highest BCUT2D eigenvalue weighted by atomic mass is 16.3. The Morgan fingerprint density at radius 1 is 1.22 bits per heavy atom. The standard InChI is InChI=1S/C13H12N4O/c1-8-17-12-4-9(2-3-13(12)18-8)11-5-10(6-14)15-7-16-11/h2-5,7H,6,14H2,1H3. The molecule has 0 amide bonds. The zero-order chi connectivity index (χ0) is 12.5. The van der Waals surface area contributed by atoms with E-state index in [1.165, 1.54) is 6.33 Å². The second kappa shape index (κ2) is 4.19. The predicted molar refractivity (Wildman–Crippen MR) is 67.7 cm³/mol. The summed E-state index contributed by atoms with van der Waals surface area (Å²) in [6.45, 7) is 2.23. The second-order valence-electron chi connectivity index (χ2n) is 4.01. The highest BCUT2D eigenvalue weighted by Gasteiger charge is 2.06. The van der Waals surface area contributed by atoms with Crippen LogP contribution in [0.2, 0.25) is 0 Å². The van der Waals surface area contributed by atoms with Crippen molar-refractivity contribution in [2.75, 3.05) is 0 Å². The van der Waals surface area contributed by atoms with Crippen LogP contribution in [0.25, 0.3) is 22.4 Å². The molecule has 0 saturated carbocycles. The summed E-state index contributed by atoms with van der Waals surface area (Å²) in [5.41, 5.74) is 9.82. The molecule has 0 aliphatic carbocycles. The van der Waals surface area contributed by atoms with Gasteiger partial charge in [0.2, 0.25) is 0 Å². The van der Waals surface area contributed by atoms with Crippen molar-refractivity contribution in [3.63, 3.8) is 0 Å². The van der Waals surface area contributed by atoms with Gasteiger partial charge in [-0.25, -0.2) is 15.0 Å². The molecule has 3 aromatic rings. The normalized spacial score (nSPS) is 11.0. The Hall–Kier alpha value is -2.27. The molecule has 0 atom stereocenters. The minimum absolute atomic E-state index is 0.404. The maximum absolute atomic E-state index is 5.57. The van der Waals surface area contributed by atoms with Gasteiger partial charge in [0.25, 0.3) is 0 Å². The minimum atomic E-state index is 0.404. The molecule has 0 bridgehead atoms. The summed E-state index contributed by atoms with van der Waals surface area (Å²) in [7, 11) is 0. The molecule has 5 nitrogen and oxygen atoms in total. The lowest BCUT2D eigenvalue weighted by Gasteiger charge is -2.01. The third-order valence-electron chi connectivity index (χ3n) is 2.72. The number of aryl methyl sites for hydroxylation is 1. The molecule has 0 aliphatic rings. The van der Waals surface area contributed by atoms with Crippen molar-refractivity contribution in [1.29, 1.82) is 0 Å². The zero-order valence-corrected chi connectivity index (χ0v) is 9.92. The summed E-state index contributed by atoms with van der Waals surface area (Å²) >= 11 is 0. The lowest BCUT2D eigenvalue weighted by atomic mass is 10.1. The van der Waals surface area contributed by atoms with E-state index in [0.29, 0.717) is 12.4 Å². The smallest absolute Gasteiger partial charge is 0.192 e. The molecule has 0 saturated heterocycles. The van der Waals surface area contributed by atoms with Gasteiger partial charge in [-0.3, -0.25) is 0 Å². The Labute approximate surface area is 104 Å². The number of aromatic nitrogens is 3. The lowest BCUT2D eigenvalue weighted by molar-refractivity contribution is 0.561. The molecule has 0 radical (unpaired) electrons. The van der Waals surface area contributed by atoms with Crippen LogP contribution in [0, 0.1) is 6.92 Å². The highest BCUT2D eigenvalue weighted by molar-refractivity contribution is 5.79. The molecule has 2 aromatic heterocycles. The average molecular weight is 240 g/mol. The molecule has 18 heavy (non-hydrogen) atoms. The number of hydrogen-bond acceptors (Lipinski definition) is 5. The Bertz CT molecular complexity index is 705. The third kappa shape index (κ3) is 1.84. The molecular formula is C13H12N4O. The van der Waals surface area contributed by atoms with Crippen LogP contribution in [0.15, 0.2) is 35.0 Å². The van der Waals surface area contributed by atoms with Crippen molar-refractivity contribution in [2.24, 2.45) is 5.73 Å². The summed E-state index contributed by atoms with van der Waals surface area (Å²) in [4.78, 5) is 12.6. The van der Waals surface area contributed by atoms with E-state index in [-0.39, 0.29) is 0 Å². The van der Waals surface area contributed by atoms with Crippen LogP contribution in [0.3, 0.4) is 0 Å². The maximum atomic E-state index is 5.57. The van der Waals surface area contributed by atoms with Gasteiger partial charge < -0.3 is 10.2 Å². The van der Waals surface area contributed by atoms with Crippen molar-refractivity contribution < 1.29 is 4.42 Å². The van der Waals surface area contributed by atoms with E-state index in [1.807, 2.05) is 31.2 Å². The summed E-state index contributed by atoms with van der Waals surface area (Å²) in [6.07, 6.45) is 1.52. The number of rotatable bonds is 2. The molecule has 0 unspecified atom stereocenters. The number of benzene rings is 1. The number of hydrogen-bond donors (Lipinski definition) is 1. The van der Waals surface area contributed by atoms with E-state index < -0.39 is 0 Å². The fourth-order valence-corrected chi connectivity index (χ4v) is 1.87. The van der Waals surface area contributed by atoms with Gasteiger partial charge in [-0.1, -0.05) is 0 Å². The molecular weight excluding hydrogens is 228 g/mol. The molecule has 1 aromatic carbocycles. The summed E-state index contributed by atoms with van der Waals surface area (Å²) in [6, 6.07) is 7.69. The first-order chi connectivity index (χ1) is 8.76. The number of nitrogens with zero attached hydrogens (tertiary/aromatic N) is 3. The van der Waals surface area contributed by atoms with E-state index >= 15 is 0 Å². The van der Waals surface area contributed by atoms with Crippen molar-refractivity contribution >= 4 is 11.1 Å². The minimum Gasteiger partial charge on any atom is -0.441 e. The van der Waals surface area contributed by atoms with Crippen LogP contribution in [0.1, 0.15) is 11.6 Å². The molecule has 2 N–H and O–H groups in total. The lowest BCUT2D eigenvalue weighted by Crippen LogP contribution is -2.00. The van der Waals surface area contributed by atoms with Gasteiger partial charge in [-0.2, -0.15) is 0 Å². The first-order valence-corrected chi connectivity index (χ1v) is 5.65. The molecule has 0 fully saturated rings. The van der Waals surface area contributed by atoms with Crippen LogP contribution in [-0.2, 0) is 6.54 Å². The van der Waals surface area contributed by atoms with Crippen molar-refractivity contribution in [3.05, 3.63) is 42.2 Å². The fourth-order valence-electron chi connectivity index (χ4n) is 1.87. The largest absolute Gasteiger partial charge is 0.441 e. The quantitative estimate of drug-likeness (QED) is 0.741. The summed E-state index contributed by atoms with van der Waals surface area (Å²) < 4.78 is 5.44. The Balaban J connectivity index is 2.12. The van der Waals surface area contributed by atoms with Crippen LogP contribution in [-0.4, -0.2) is 15.0 Å². The first-order valence-electron chi connectivity index (χ1n) is 5.65. The Morgan fingerprint density at radius 2 is 2.11 bits per heavy atom. The van der Waals surface area contributed by atoms with Gasteiger partial charge in [-0.05, 0) is 24.3 Å². The molecule has 90 valence electrons. The zero-order valence-electron chi connectivity index (χ0n) is 9.92. The topological polar surface area (TPSA) is 77.8 Å². The van der Waals surface area contributed by atoms with Gasteiger partial charge in [0.05, 0.1) is 11.4 Å². The molecule has 0 aliphatic heterocycles. The SMILES string of the molecule is Cc1nc2cc(-c3cc(CN)ncn3)ccc2o1. The Kier molecular flexibility index (Phi) is 2.53.